The van der Waals surface area contributed by atoms with E-state index in [2.05, 4.69) is 75.5 Å². The second kappa shape index (κ2) is 20.7. The second-order valence-electron chi connectivity index (χ2n) is 16.3. The van der Waals surface area contributed by atoms with Crippen LogP contribution in [0.15, 0.2) is 158 Å². The van der Waals surface area contributed by atoms with Crippen molar-refractivity contribution in [2.24, 2.45) is 0 Å². The van der Waals surface area contributed by atoms with Crippen molar-refractivity contribution in [1.29, 1.82) is 0 Å². The van der Waals surface area contributed by atoms with Crippen molar-refractivity contribution in [2.75, 3.05) is 45.8 Å². The Morgan fingerprint density at radius 3 is 1.42 bits per heavy atom. The largest absolute Gasteiger partial charge is 0.417 e. The monoisotopic (exact) mass is 848 g/mol. The molecular weight excluding hydrogens is 795 g/mol. The molecule has 0 aromatic heterocycles. The van der Waals surface area contributed by atoms with Gasteiger partial charge in [-0.05, 0) is 76.0 Å². The first kappa shape index (κ1) is 44.8. The SMILES string of the molecule is CCN1CCN(Cc2ccc(-c3ccccc3C(F)(F)F)cc2)CC1Cc1ccccc1.FC(F)(F)c1ccccc1-c1ccc(CN2CCNC(Cc3ccccc3)C2)cc1. The zero-order chi connectivity index (χ0) is 43.5. The summed E-state index contributed by atoms with van der Waals surface area (Å²) in [6.07, 6.45) is -6.70. The first-order valence-electron chi connectivity index (χ1n) is 21.4. The molecule has 0 radical (unpaired) electrons. The van der Waals surface area contributed by atoms with Crippen molar-refractivity contribution in [3.05, 3.63) is 191 Å². The zero-order valence-electron chi connectivity index (χ0n) is 35.1. The maximum atomic E-state index is 13.4. The summed E-state index contributed by atoms with van der Waals surface area (Å²) in [5.74, 6) is 0. The Hall–Kier alpha value is -5.26. The third-order valence-corrected chi connectivity index (χ3v) is 11.9. The summed E-state index contributed by atoms with van der Waals surface area (Å²) in [6, 6.07) is 48.4. The Bertz CT molecular complexity index is 2280. The van der Waals surface area contributed by atoms with E-state index in [0.717, 1.165) is 95.0 Å². The van der Waals surface area contributed by atoms with Gasteiger partial charge in [0.1, 0.15) is 0 Å². The summed E-state index contributed by atoms with van der Waals surface area (Å²) < 4.78 is 80.0. The zero-order valence-corrected chi connectivity index (χ0v) is 35.1. The van der Waals surface area contributed by atoms with Crippen LogP contribution >= 0.6 is 0 Å². The highest BCUT2D eigenvalue weighted by atomic mass is 19.4. The molecule has 2 aliphatic rings. The van der Waals surface area contributed by atoms with Gasteiger partial charge in [0, 0.05) is 64.4 Å². The molecule has 6 aromatic carbocycles. The summed E-state index contributed by atoms with van der Waals surface area (Å²) in [4.78, 5) is 7.40. The lowest BCUT2D eigenvalue weighted by Gasteiger charge is -2.41. The predicted molar refractivity (Wildman–Crippen MR) is 237 cm³/mol. The van der Waals surface area contributed by atoms with Gasteiger partial charge in [0.15, 0.2) is 0 Å². The third-order valence-electron chi connectivity index (χ3n) is 11.9. The number of piperazine rings is 2. The average Bonchev–Trinajstić information content (AvgIpc) is 3.28. The second-order valence-corrected chi connectivity index (χ2v) is 16.3. The number of hydrogen-bond acceptors (Lipinski definition) is 4. The molecule has 2 saturated heterocycles. The van der Waals surface area contributed by atoms with E-state index in [1.165, 1.54) is 35.4 Å². The Morgan fingerprint density at radius 1 is 0.484 bits per heavy atom. The minimum absolute atomic E-state index is 0.224. The molecule has 0 bridgehead atoms. The average molecular weight is 849 g/mol. The van der Waals surface area contributed by atoms with Crippen molar-refractivity contribution in [2.45, 2.75) is 57.3 Å². The molecule has 2 unspecified atom stereocenters. The molecule has 4 nitrogen and oxygen atoms in total. The molecule has 324 valence electrons. The highest BCUT2D eigenvalue weighted by Gasteiger charge is 2.34. The minimum Gasteiger partial charge on any atom is -0.311 e. The molecule has 8 rings (SSSR count). The molecule has 6 aromatic rings. The summed E-state index contributed by atoms with van der Waals surface area (Å²) in [5, 5.41) is 3.59. The Morgan fingerprint density at radius 2 is 0.935 bits per heavy atom. The quantitative estimate of drug-likeness (QED) is 0.131. The lowest BCUT2D eigenvalue weighted by Crippen LogP contribution is -2.53. The Kier molecular flexibility index (Phi) is 15.0. The van der Waals surface area contributed by atoms with Crippen LogP contribution in [-0.4, -0.2) is 72.6 Å². The van der Waals surface area contributed by atoms with Crippen LogP contribution < -0.4 is 5.32 Å². The van der Waals surface area contributed by atoms with Crippen molar-refractivity contribution >= 4 is 0 Å². The fraction of sp³-hybridized carbons (Fsp3) is 0.308. The van der Waals surface area contributed by atoms with Gasteiger partial charge < -0.3 is 5.32 Å². The van der Waals surface area contributed by atoms with E-state index in [9.17, 15) is 26.3 Å². The van der Waals surface area contributed by atoms with Gasteiger partial charge in [0.05, 0.1) is 11.1 Å². The van der Waals surface area contributed by atoms with Gasteiger partial charge in [-0.1, -0.05) is 153 Å². The van der Waals surface area contributed by atoms with Crippen LogP contribution in [0.3, 0.4) is 0 Å². The van der Waals surface area contributed by atoms with Gasteiger partial charge in [-0.2, -0.15) is 26.3 Å². The van der Waals surface area contributed by atoms with Crippen LogP contribution in [0.1, 0.15) is 40.3 Å². The number of nitrogens with one attached hydrogen (secondary N) is 1. The molecular formula is C52H54F6N4. The molecule has 2 atom stereocenters. The predicted octanol–water partition coefficient (Wildman–Crippen LogP) is 11.5. The minimum atomic E-state index is -4.36. The summed E-state index contributed by atoms with van der Waals surface area (Å²) >= 11 is 0. The maximum absolute atomic E-state index is 13.4. The standard InChI is InChI=1S/C27H29F3N2.C25H25F3N2/c1-2-32-17-16-31(20-24(32)18-21-8-4-3-5-9-21)19-22-12-14-23(15-13-22)25-10-6-7-11-26(25)27(28,29)30;26-25(27,28)24-9-5-4-8-23(24)21-12-10-20(11-13-21)17-30-15-14-29-22(18-30)16-19-6-2-1-3-7-19/h3-15,24H,2,16-20H2,1H3;1-13,22,29H,14-18H2. The summed E-state index contributed by atoms with van der Waals surface area (Å²) in [7, 11) is 0. The van der Waals surface area contributed by atoms with Gasteiger partial charge in [0.25, 0.3) is 0 Å². The first-order chi connectivity index (χ1) is 29.9. The van der Waals surface area contributed by atoms with Crippen molar-refractivity contribution in [3.63, 3.8) is 0 Å². The van der Waals surface area contributed by atoms with Crippen molar-refractivity contribution in [1.82, 2.24) is 20.0 Å². The van der Waals surface area contributed by atoms with Gasteiger partial charge in [-0.15, -0.1) is 0 Å². The molecule has 1 N–H and O–H groups in total. The number of halogens is 6. The number of benzene rings is 6. The van der Waals surface area contributed by atoms with Crippen LogP contribution in [-0.2, 0) is 38.3 Å². The van der Waals surface area contributed by atoms with Crippen LogP contribution in [0.4, 0.5) is 26.3 Å². The fourth-order valence-electron chi connectivity index (χ4n) is 8.73. The van der Waals surface area contributed by atoms with Gasteiger partial charge >= 0.3 is 12.4 Å². The highest BCUT2D eigenvalue weighted by molar-refractivity contribution is 5.69. The fourth-order valence-corrected chi connectivity index (χ4v) is 8.73. The lowest BCUT2D eigenvalue weighted by atomic mass is 9.98. The number of likely N-dealkylation sites (N-methyl/N-ethyl adjacent to an activating group) is 1. The maximum Gasteiger partial charge on any atom is 0.417 e. The van der Waals surface area contributed by atoms with Crippen LogP contribution in [0, 0.1) is 0 Å². The van der Waals surface area contributed by atoms with E-state index >= 15 is 0 Å². The van der Waals surface area contributed by atoms with Crippen molar-refractivity contribution < 1.29 is 26.3 Å². The Balaban J connectivity index is 0.000000187. The molecule has 10 heteroatoms. The topological polar surface area (TPSA) is 21.8 Å². The number of rotatable bonds is 11. The normalized spacial score (nSPS) is 17.9. The molecule has 0 saturated carbocycles. The van der Waals surface area contributed by atoms with E-state index in [1.807, 2.05) is 48.5 Å². The van der Waals surface area contributed by atoms with E-state index < -0.39 is 23.5 Å². The van der Waals surface area contributed by atoms with Gasteiger partial charge in [-0.3, -0.25) is 14.7 Å². The van der Waals surface area contributed by atoms with E-state index in [4.69, 9.17) is 0 Å². The van der Waals surface area contributed by atoms with Gasteiger partial charge in [-0.25, -0.2) is 0 Å². The van der Waals surface area contributed by atoms with E-state index in [0.29, 0.717) is 23.2 Å². The smallest absolute Gasteiger partial charge is 0.311 e. The molecule has 0 aliphatic carbocycles. The number of alkyl halides is 6. The van der Waals surface area contributed by atoms with Crippen LogP contribution in [0.5, 0.6) is 0 Å². The number of hydrogen-bond donors (Lipinski definition) is 1. The van der Waals surface area contributed by atoms with Crippen LogP contribution in [0.2, 0.25) is 0 Å². The lowest BCUT2D eigenvalue weighted by molar-refractivity contribution is -0.137. The molecule has 2 fully saturated rings. The summed E-state index contributed by atoms with van der Waals surface area (Å²) in [6.45, 7) is 10.7. The molecule has 0 spiro atoms. The number of nitrogens with zero attached hydrogens (tertiary/aromatic N) is 3. The molecule has 2 aliphatic heterocycles. The molecule has 2 heterocycles. The van der Waals surface area contributed by atoms with Gasteiger partial charge in [0.2, 0.25) is 0 Å². The van der Waals surface area contributed by atoms with Crippen molar-refractivity contribution in [3.8, 4) is 22.3 Å². The van der Waals surface area contributed by atoms with Crippen LogP contribution in [0.25, 0.3) is 22.3 Å². The third kappa shape index (κ3) is 12.2. The first-order valence-corrected chi connectivity index (χ1v) is 21.4. The van der Waals surface area contributed by atoms with E-state index in [1.54, 1.807) is 24.3 Å². The van der Waals surface area contributed by atoms with E-state index in [-0.39, 0.29) is 11.1 Å². The molecule has 0 amide bonds. The summed E-state index contributed by atoms with van der Waals surface area (Å²) in [5.41, 5.74) is 5.37. The molecule has 62 heavy (non-hydrogen) atoms. The highest BCUT2D eigenvalue weighted by Crippen LogP contribution is 2.38. The Labute approximate surface area is 361 Å².